The molecule has 1 aliphatic rings. The van der Waals surface area contributed by atoms with Crippen molar-refractivity contribution in [2.24, 2.45) is 0 Å². The second-order valence-corrected chi connectivity index (χ2v) is 7.00. The van der Waals surface area contributed by atoms with Crippen LogP contribution in [-0.4, -0.2) is 13.2 Å². The Bertz CT molecular complexity index is 737. The third kappa shape index (κ3) is 4.21. The molecule has 128 valence electrons. The van der Waals surface area contributed by atoms with E-state index in [4.69, 9.17) is 21.1 Å². The van der Waals surface area contributed by atoms with Crippen LogP contribution < -0.4 is 14.8 Å². The molecule has 0 amide bonds. The van der Waals surface area contributed by atoms with Gasteiger partial charge in [0.2, 0.25) is 0 Å². The van der Waals surface area contributed by atoms with Crippen LogP contribution in [0.15, 0.2) is 34.8 Å². The Balaban J connectivity index is 1.82. The number of hydrogen-bond acceptors (Lipinski definition) is 3. The first-order valence-electron chi connectivity index (χ1n) is 7.74. The van der Waals surface area contributed by atoms with Gasteiger partial charge in [0.15, 0.2) is 11.5 Å². The second kappa shape index (κ2) is 7.72. The lowest BCUT2D eigenvalue weighted by molar-refractivity contribution is 0.280. The molecule has 0 bridgehead atoms. The first-order valence-corrected chi connectivity index (χ1v) is 8.91. The topological polar surface area (TPSA) is 30.5 Å². The Kier molecular flexibility index (Phi) is 5.64. The van der Waals surface area contributed by atoms with Gasteiger partial charge in [0.25, 0.3) is 0 Å². The van der Waals surface area contributed by atoms with Gasteiger partial charge in [-0.1, -0.05) is 33.6 Å². The minimum atomic E-state index is -0.363. The fourth-order valence-corrected chi connectivity index (χ4v) is 3.06. The van der Waals surface area contributed by atoms with E-state index >= 15 is 0 Å². The van der Waals surface area contributed by atoms with Gasteiger partial charge in [-0.2, -0.15) is 0 Å². The fraction of sp³-hybridized carbons (Fsp3) is 0.333. The van der Waals surface area contributed by atoms with E-state index in [-0.39, 0.29) is 12.4 Å². The minimum Gasteiger partial charge on any atom is -0.493 e. The van der Waals surface area contributed by atoms with Crippen LogP contribution in [0.1, 0.15) is 24.0 Å². The standard InChI is InChI=1S/C18H18BrClFNO2/c1-23-17-7-6-15(19)14(9-22-13-4-5-13)18(17)24-10-11-2-3-12(21)8-16(11)20/h2-3,6-8,13,22H,4-5,9-10H2,1H3. The molecule has 0 atom stereocenters. The quantitative estimate of drug-likeness (QED) is 0.685. The van der Waals surface area contributed by atoms with Crippen LogP contribution >= 0.6 is 27.5 Å². The van der Waals surface area contributed by atoms with Gasteiger partial charge < -0.3 is 14.8 Å². The predicted octanol–water partition coefficient (Wildman–Crippen LogP) is 5.08. The molecule has 0 heterocycles. The Morgan fingerprint density at radius 1 is 1.29 bits per heavy atom. The zero-order chi connectivity index (χ0) is 17.1. The molecule has 0 aromatic heterocycles. The highest BCUT2D eigenvalue weighted by atomic mass is 79.9. The van der Waals surface area contributed by atoms with Crippen molar-refractivity contribution in [1.29, 1.82) is 0 Å². The SMILES string of the molecule is COc1ccc(Br)c(CNC2CC2)c1OCc1ccc(F)cc1Cl. The van der Waals surface area contributed by atoms with Crippen molar-refractivity contribution < 1.29 is 13.9 Å². The lowest BCUT2D eigenvalue weighted by Gasteiger charge is -2.17. The number of halogens is 3. The van der Waals surface area contributed by atoms with Crippen molar-refractivity contribution in [2.75, 3.05) is 7.11 Å². The summed E-state index contributed by atoms with van der Waals surface area (Å²) in [5.41, 5.74) is 1.72. The van der Waals surface area contributed by atoms with Crippen LogP contribution in [0.25, 0.3) is 0 Å². The molecule has 0 aliphatic heterocycles. The summed E-state index contributed by atoms with van der Waals surface area (Å²) in [7, 11) is 1.61. The van der Waals surface area contributed by atoms with Crippen LogP contribution in [-0.2, 0) is 13.2 Å². The summed E-state index contributed by atoms with van der Waals surface area (Å²) in [5, 5.41) is 3.83. The average Bonchev–Trinajstić information content (AvgIpc) is 3.37. The lowest BCUT2D eigenvalue weighted by Crippen LogP contribution is -2.17. The Hall–Kier alpha value is -1.30. The van der Waals surface area contributed by atoms with E-state index in [1.54, 1.807) is 13.2 Å². The summed E-state index contributed by atoms with van der Waals surface area (Å²) in [6, 6.07) is 8.67. The van der Waals surface area contributed by atoms with Crippen molar-refractivity contribution in [1.82, 2.24) is 5.32 Å². The summed E-state index contributed by atoms with van der Waals surface area (Å²) < 4.78 is 25.6. The molecule has 1 saturated carbocycles. The zero-order valence-electron chi connectivity index (χ0n) is 13.2. The predicted molar refractivity (Wildman–Crippen MR) is 96.3 cm³/mol. The van der Waals surface area contributed by atoms with Crippen LogP contribution in [0.4, 0.5) is 4.39 Å². The largest absolute Gasteiger partial charge is 0.493 e. The van der Waals surface area contributed by atoms with Gasteiger partial charge in [-0.05, 0) is 37.1 Å². The van der Waals surface area contributed by atoms with Gasteiger partial charge in [0.05, 0.1) is 12.1 Å². The zero-order valence-corrected chi connectivity index (χ0v) is 15.6. The molecule has 3 nitrogen and oxygen atoms in total. The van der Waals surface area contributed by atoms with Crippen LogP contribution in [0.2, 0.25) is 5.02 Å². The average molecular weight is 415 g/mol. The molecule has 0 radical (unpaired) electrons. The first kappa shape index (κ1) is 17.5. The maximum atomic E-state index is 13.2. The number of nitrogens with one attached hydrogen (secondary N) is 1. The van der Waals surface area contributed by atoms with Gasteiger partial charge in [0.1, 0.15) is 12.4 Å². The molecular weight excluding hydrogens is 397 g/mol. The number of methoxy groups -OCH3 is 1. The Morgan fingerprint density at radius 2 is 2.08 bits per heavy atom. The van der Waals surface area contributed by atoms with Gasteiger partial charge in [0, 0.05) is 28.2 Å². The van der Waals surface area contributed by atoms with Crippen molar-refractivity contribution in [2.45, 2.75) is 32.0 Å². The third-order valence-corrected chi connectivity index (χ3v) is 5.01. The van der Waals surface area contributed by atoms with Crippen molar-refractivity contribution in [3.05, 3.63) is 56.8 Å². The van der Waals surface area contributed by atoms with Gasteiger partial charge in [-0.15, -0.1) is 0 Å². The van der Waals surface area contributed by atoms with Crippen molar-refractivity contribution in [3.63, 3.8) is 0 Å². The highest BCUT2D eigenvalue weighted by molar-refractivity contribution is 9.10. The van der Waals surface area contributed by atoms with Crippen LogP contribution in [0.5, 0.6) is 11.5 Å². The summed E-state index contributed by atoms with van der Waals surface area (Å²) in [6.45, 7) is 0.928. The number of benzene rings is 2. The Labute approximate surface area is 154 Å². The van der Waals surface area contributed by atoms with Crippen LogP contribution in [0.3, 0.4) is 0 Å². The second-order valence-electron chi connectivity index (χ2n) is 5.74. The van der Waals surface area contributed by atoms with Crippen molar-refractivity contribution >= 4 is 27.5 Å². The molecule has 2 aromatic rings. The van der Waals surface area contributed by atoms with Crippen molar-refractivity contribution in [3.8, 4) is 11.5 Å². The molecule has 1 fully saturated rings. The summed E-state index contributed by atoms with van der Waals surface area (Å²) in [6.07, 6.45) is 2.42. The maximum absolute atomic E-state index is 13.2. The van der Waals surface area contributed by atoms with E-state index in [2.05, 4.69) is 21.2 Å². The summed E-state index contributed by atoms with van der Waals surface area (Å²) >= 11 is 9.66. The van der Waals surface area contributed by atoms with E-state index in [9.17, 15) is 4.39 Å². The van der Waals surface area contributed by atoms with Gasteiger partial charge in [-0.25, -0.2) is 4.39 Å². The van der Waals surface area contributed by atoms with E-state index < -0.39 is 0 Å². The highest BCUT2D eigenvalue weighted by Crippen LogP contribution is 2.37. The van der Waals surface area contributed by atoms with E-state index in [0.717, 1.165) is 15.6 Å². The van der Waals surface area contributed by atoms with Crippen LogP contribution in [0, 0.1) is 5.82 Å². The number of rotatable bonds is 7. The summed E-state index contributed by atoms with van der Waals surface area (Å²) in [4.78, 5) is 0. The van der Waals surface area contributed by atoms with E-state index in [1.165, 1.54) is 25.0 Å². The highest BCUT2D eigenvalue weighted by Gasteiger charge is 2.22. The third-order valence-electron chi connectivity index (χ3n) is 3.92. The lowest BCUT2D eigenvalue weighted by atomic mass is 10.1. The molecule has 1 aliphatic carbocycles. The molecule has 0 saturated heterocycles. The maximum Gasteiger partial charge on any atom is 0.167 e. The molecule has 0 unspecified atom stereocenters. The van der Waals surface area contributed by atoms with Gasteiger partial charge >= 0.3 is 0 Å². The molecule has 24 heavy (non-hydrogen) atoms. The van der Waals surface area contributed by atoms with E-state index in [0.29, 0.717) is 29.1 Å². The minimum absolute atomic E-state index is 0.238. The number of hydrogen-bond donors (Lipinski definition) is 1. The molecule has 6 heteroatoms. The number of ether oxygens (including phenoxy) is 2. The molecule has 1 N–H and O–H groups in total. The fourth-order valence-electron chi connectivity index (χ4n) is 2.39. The van der Waals surface area contributed by atoms with Gasteiger partial charge in [-0.3, -0.25) is 0 Å². The molecule has 2 aromatic carbocycles. The molecule has 3 rings (SSSR count). The molecular formula is C18H18BrClFNO2. The normalized spacial score (nSPS) is 13.8. The summed E-state index contributed by atoms with van der Waals surface area (Å²) in [5.74, 6) is 0.961. The Morgan fingerprint density at radius 3 is 2.75 bits per heavy atom. The molecule has 0 spiro atoms. The smallest absolute Gasteiger partial charge is 0.167 e. The van der Waals surface area contributed by atoms with E-state index in [1.807, 2.05) is 12.1 Å². The monoisotopic (exact) mass is 413 g/mol. The first-order chi connectivity index (χ1) is 11.6.